The van der Waals surface area contributed by atoms with E-state index in [4.69, 9.17) is 11.6 Å². The number of aliphatic hydroxyl groups excluding tert-OH is 1. The summed E-state index contributed by atoms with van der Waals surface area (Å²) >= 11 is 6.13. The van der Waals surface area contributed by atoms with Crippen LogP contribution in [0.15, 0.2) is 0 Å². The number of aryl methyl sites for hydroxylation is 2. The van der Waals surface area contributed by atoms with Crippen molar-refractivity contribution in [3.63, 3.8) is 0 Å². The summed E-state index contributed by atoms with van der Waals surface area (Å²) in [5.74, 6) is 0.624. The van der Waals surface area contributed by atoms with Crippen LogP contribution in [0.3, 0.4) is 0 Å². The van der Waals surface area contributed by atoms with Crippen molar-refractivity contribution in [3.8, 4) is 0 Å². The van der Waals surface area contributed by atoms with Crippen molar-refractivity contribution in [2.45, 2.75) is 46.1 Å². The topological polar surface area (TPSA) is 38.0 Å². The molecule has 1 N–H and O–H groups in total. The van der Waals surface area contributed by atoms with E-state index >= 15 is 0 Å². The Bertz CT molecular complexity index is 347. The molecular weight excluding hydrogens is 224 g/mol. The first-order valence-corrected chi connectivity index (χ1v) is 6.15. The number of hydrogen-bond acceptors (Lipinski definition) is 2. The van der Waals surface area contributed by atoms with Crippen LogP contribution in [-0.2, 0) is 13.5 Å². The van der Waals surface area contributed by atoms with Crippen molar-refractivity contribution in [2.24, 2.45) is 13.0 Å². The highest BCUT2D eigenvalue weighted by Crippen LogP contribution is 2.22. The Morgan fingerprint density at radius 2 is 2.00 bits per heavy atom. The van der Waals surface area contributed by atoms with Gasteiger partial charge in [0, 0.05) is 13.5 Å². The maximum atomic E-state index is 9.91. The van der Waals surface area contributed by atoms with E-state index < -0.39 is 0 Å². The summed E-state index contributed by atoms with van der Waals surface area (Å²) in [4.78, 5) is 0. The van der Waals surface area contributed by atoms with Gasteiger partial charge in [0.2, 0.25) is 0 Å². The molecule has 1 aromatic rings. The van der Waals surface area contributed by atoms with E-state index in [2.05, 4.69) is 18.9 Å². The number of hydrogen-bond donors (Lipinski definition) is 1. The highest BCUT2D eigenvalue weighted by Gasteiger charge is 2.15. The first-order chi connectivity index (χ1) is 7.41. The standard InChI is InChI=1S/C12H21ClN2O/c1-8(2)5-6-10(16)7-11-12(13)9(3)14-15(11)4/h8,10,16H,5-7H2,1-4H3. The van der Waals surface area contributed by atoms with Crippen molar-refractivity contribution in [1.82, 2.24) is 9.78 Å². The van der Waals surface area contributed by atoms with Crippen LogP contribution in [0.1, 0.15) is 38.1 Å². The lowest BCUT2D eigenvalue weighted by molar-refractivity contribution is 0.154. The van der Waals surface area contributed by atoms with Crippen LogP contribution in [0.5, 0.6) is 0 Å². The lowest BCUT2D eigenvalue weighted by Crippen LogP contribution is -2.14. The molecule has 4 heteroatoms. The molecule has 3 nitrogen and oxygen atoms in total. The molecule has 1 rings (SSSR count). The van der Waals surface area contributed by atoms with Gasteiger partial charge < -0.3 is 5.11 Å². The fourth-order valence-electron chi connectivity index (χ4n) is 1.75. The van der Waals surface area contributed by atoms with Crippen LogP contribution in [0.25, 0.3) is 0 Å². The molecule has 92 valence electrons. The van der Waals surface area contributed by atoms with Crippen molar-refractivity contribution in [3.05, 3.63) is 16.4 Å². The summed E-state index contributed by atoms with van der Waals surface area (Å²) in [5, 5.41) is 14.8. The second-order valence-electron chi connectivity index (χ2n) is 4.80. The maximum absolute atomic E-state index is 9.91. The fourth-order valence-corrected chi connectivity index (χ4v) is 1.99. The fraction of sp³-hybridized carbons (Fsp3) is 0.750. The first-order valence-electron chi connectivity index (χ1n) is 5.77. The van der Waals surface area contributed by atoms with Gasteiger partial charge in [-0.25, -0.2) is 0 Å². The molecule has 0 aliphatic rings. The van der Waals surface area contributed by atoms with Crippen molar-refractivity contribution in [1.29, 1.82) is 0 Å². The Morgan fingerprint density at radius 1 is 1.38 bits per heavy atom. The van der Waals surface area contributed by atoms with Crippen molar-refractivity contribution < 1.29 is 5.11 Å². The molecule has 1 heterocycles. The lowest BCUT2D eigenvalue weighted by Gasteiger charge is -2.12. The van der Waals surface area contributed by atoms with Crippen molar-refractivity contribution >= 4 is 11.6 Å². The van der Waals surface area contributed by atoms with Crippen LogP contribution in [0, 0.1) is 12.8 Å². The smallest absolute Gasteiger partial charge is 0.0847 e. The van der Waals surface area contributed by atoms with E-state index in [1.807, 2.05) is 14.0 Å². The second kappa shape index (κ2) is 5.69. The molecule has 0 saturated heterocycles. The van der Waals surface area contributed by atoms with Crippen LogP contribution in [0.2, 0.25) is 5.02 Å². The zero-order valence-corrected chi connectivity index (χ0v) is 11.3. The molecular formula is C12H21ClN2O. The van der Waals surface area contributed by atoms with E-state index in [0.717, 1.165) is 24.2 Å². The molecule has 1 aromatic heterocycles. The van der Waals surface area contributed by atoms with Gasteiger partial charge in [0.15, 0.2) is 0 Å². The third-order valence-electron chi connectivity index (χ3n) is 2.77. The van der Waals surface area contributed by atoms with E-state index in [-0.39, 0.29) is 6.10 Å². The summed E-state index contributed by atoms with van der Waals surface area (Å²) in [6.45, 7) is 6.20. The number of halogens is 1. The molecule has 1 unspecified atom stereocenters. The third-order valence-corrected chi connectivity index (χ3v) is 3.26. The van der Waals surface area contributed by atoms with E-state index in [9.17, 15) is 5.11 Å². The number of aromatic nitrogens is 2. The molecule has 0 amide bonds. The number of rotatable bonds is 5. The summed E-state index contributed by atoms with van der Waals surface area (Å²) in [6.07, 6.45) is 2.12. The predicted octanol–water partition coefficient (Wildman–Crippen LogP) is 2.72. The summed E-state index contributed by atoms with van der Waals surface area (Å²) < 4.78 is 1.76. The molecule has 0 bridgehead atoms. The molecule has 1 atom stereocenters. The molecule has 16 heavy (non-hydrogen) atoms. The van der Waals surface area contributed by atoms with Gasteiger partial charge in [-0.1, -0.05) is 25.4 Å². The number of aliphatic hydroxyl groups is 1. The van der Waals surface area contributed by atoms with Gasteiger partial charge >= 0.3 is 0 Å². The van der Waals surface area contributed by atoms with Gasteiger partial charge in [-0.05, 0) is 25.7 Å². The molecule has 0 saturated carbocycles. The van der Waals surface area contributed by atoms with Gasteiger partial charge in [0.1, 0.15) is 0 Å². The van der Waals surface area contributed by atoms with E-state index in [1.54, 1.807) is 4.68 Å². The molecule has 0 aromatic carbocycles. The number of nitrogens with zero attached hydrogens (tertiary/aromatic N) is 2. The Balaban J connectivity index is 2.59. The minimum atomic E-state index is -0.324. The van der Waals surface area contributed by atoms with E-state index in [1.165, 1.54) is 0 Å². The highest BCUT2D eigenvalue weighted by atomic mass is 35.5. The van der Waals surface area contributed by atoms with Crippen molar-refractivity contribution in [2.75, 3.05) is 0 Å². The maximum Gasteiger partial charge on any atom is 0.0847 e. The Hall–Kier alpha value is -0.540. The zero-order valence-electron chi connectivity index (χ0n) is 10.5. The Labute approximate surface area is 102 Å². The molecule has 0 radical (unpaired) electrons. The van der Waals surface area contributed by atoms with Gasteiger partial charge in [0.05, 0.1) is 22.5 Å². The van der Waals surface area contributed by atoms with Gasteiger partial charge in [0.25, 0.3) is 0 Å². The van der Waals surface area contributed by atoms with Crippen LogP contribution in [0.4, 0.5) is 0 Å². The average Bonchev–Trinajstić information content (AvgIpc) is 2.42. The quantitative estimate of drug-likeness (QED) is 0.865. The minimum Gasteiger partial charge on any atom is -0.393 e. The predicted molar refractivity (Wildman–Crippen MR) is 66.7 cm³/mol. The monoisotopic (exact) mass is 244 g/mol. The van der Waals surface area contributed by atoms with Crippen LogP contribution >= 0.6 is 11.6 Å². The van der Waals surface area contributed by atoms with E-state index in [0.29, 0.717) is 17.4 Å². The Morgan fingerprint density at radius 3 is 2.44 bits per heavy atom. The largest absolute Gasteiger partial charge is 0.393 e. The summed E-state index contributed by atoms with van der Waals surface area (Å²) in [6, 6.07) is 0. The van der Waals surface area contributed by atoms with Gasteiger partial charge in [-0.3, -0.25) is 4.68 Å². The zero-order chi connectivity index (χ0) is 12.3. The van der Waals surface area contributed by atoms with Crippen LogP contribution < -0.4 is 0 Å². The summed E-state index contributed by atoms with van der Waals surface area (Å²) in [7, 11) is 1.86. The Kier molecular flexibility index (Phi) is 4.81. The third kappa shape index (κ3) is 3.49. The normalized spacial score (nSPS) is 13.4. The summed E-state index contributed by atoms with van der Waals surface area (Å²) in [5.41, 5.74) is 1.76. The lowest BCUT2D eigenvalue weighted by atomic mass is 10.0. The second-order valence-corrected chi connectivity index (χ2v) is 5.18. The van der Waals surface area contributed by atoms with Gasteiger partial charge in [-0.2, -0.15) is 5.10 Å². The molecule has 0 aliphatic carbocycles. The molecule has 0 fully saturated rings. The first kappa shape index (κ1) is 13.5. The van der Waals surface area contributed by atoms with Crippen LogP contribution in [-0.4, -0.2) is 21.0 Å². The molecule has 0 aliphatic heterocycles. The SMILES string of the molecule is Cc1nn(C)c(CC(O)CCC(C)C)c1Cl. The molecule has 0 spiro atoms. The highest BCUT2D eigenvalue weighted by molar-refractivity contribution is 6.31. The average molecular weight is 245 g/mol. The minimum absolute atomic E-state index is 0.324. The van der Waals surface area contributed by atoms with Gasteiger partial charge in [-0.15, -0.1) is 0 Å².